The fourth-order valence-electron chi connectivity index (χ4n) is 1.66. The van der Waals surface area contributed by atoms with Crippen LogP contribution in [0.3, 0.4) is 0 Å². The first kappa shape index (κ1) is 17.8. The lowest BCUT2D eigenvalue weighted by Gasteiger charge is -2.09. The van der Waals surface area contributed by atoms with Gasteiger partial charge in [-0.2, -0.15) is 0 Å². The van der Waals surface area contributed by atoms with Crippen LogP contribution in [0.1, 0.15) is 26.7 Å². The summed E-state index contributed by atoms with van der Waals surface area (Å²) in [5.41, 5.74) is 0. The van der Waals surface area contributed by atoms with E-state index in [1.807, 2.05) is 13.8 Å². The summed E-state index contributed by atoms with van der Waals surface area (Å²) in [6.07, 6.45) is 0.738. The second-order valence-electron chi connectivity index (χ2n) is 5.01. The van der Waals surface area contributed by atoms with Crippen molar-refractivity contribution in [2.45, 2.75) is 32.7 Å². The molecule has 0 aliphatic rings. The van der Waals surface area contributed by atoms with Crippen LogP contribution >= 0.6 is 0 Å². The molecule has 0 fully saturated rings. The van der Waals surface area contributed by atoms with Crippen LogP contribution in [-0.2, 0) is 14.3 Å². The van der Waals surface area contributed by atoms with Crippen LogP contribution in [0, 0.1) is 0 Å². The Bertz CT molecular complexity index is 470. The Morgan fingerprint density at radius 3 is 2.36 bits per heavy atom. The van der Waals surface area contributed by atoms with Crippen LogP contribution < -0.4 is 14.8 Å². The number of hydrogen-bond donors (Lipinski definition) is 1. The van der Waals surface area contributed by atoms with Gasteiger partial charge in [0, 0.05) is 12.5 Å². The van der Waals surface area contributed by atoms with E-state index >= 15 is 0 Å². The highest BCUT2D eigenvalue weighted by Crippen LogP contribution is 2.17. The van der Waals surface area contributed by atoms with Crippen LogP contribution in [0.4, 0.5) is 0 Å². The van der Waals surface area contributed by atoms with Gasteiger partial charge in [-0.05, 0) is 44.5 Å². The van der Waals surface area contributed by atoms with Gasteiger partial charge >= 0.3 is 5.97 Å². The number of carbonyl (C=O) groups excluding carboxylic acids is 2. The number of esters is 1. The Morgan fingerprint density at radius 1 is 1.14 bits per heavy atom. The van der Waals surface area contributed by atoms with Crippen molar-refractivity contribution in [3.05, 3.63) is 24.3 Å². The van der Waals surface area contributed by atoms with Crippen molar-refractivity contribution < 1.29 is 23.8 Å². The van der Waals surface area contributed by atoms with Crippen molar-refractivity contribution in [2.75, 3.05) is 20.3 Å². The third kappa shape index (κ3) is 7.52. The quantitative estimate of drug-likeness (QED) is 0.557. The Labute approximate surface area is 130 Å². The van der Waals surface area contributed by atoms with E-state index in [9.17, 15) is 9.59 Å². The Balaban J connectivity index is 2.13. The fourth-order valence-corrected chi connectivity index (χ4v) is 1.66. The van der Waals surface area contributed by atoms with E-state index in [1.54, 1.807) is 31.4 Å². The van der Waals surface area contributed by atoms with E-state index in [2.05, 4.69) is 5.32 Å². The molecule has 0 bridgehead atoms. The van der Waals surface area contributed by atoms with E-state index in [1.165, 1.54) is 0 Å². The lowest BCUT2D eigenvalue weighted by atomic mass is 10.3. The van der Waals surface area contributed by atoms with Gasteiger partial charge in [0.2, 0.25) is 0 Å². The average Bonchev–Trinajstić information content (AvgIpc) is 2.49. The number of methoxy groups -OCH3 is 1. The topological polar surface area (TPSA) is 73.9 Å². The number of hydrogen-bond acceptors (Lipinski definition) is 5. The lowest BCUT2D eigenvalue weighted by molar-refractivity contribution is -0.148. The molecule has 0 aliphatic carbocycles. The molecule has 1 amide bonds. The SMILES string of the molecule is COc1ccc(OCCCC(=O)OCC(=O)NC(C)C)cc1. The van der Waals surface area contributed by atoms with Gasteiger partial charge < -0.3 is 19.5 Å². The van der Waals surface area contributed by atoms with E-state index in [0.29, 0.717) is 18.8 Å². The monoisotopic (exact) mass is 309 g/mol. The predicted molar refractivity (Wildman–Crippen MR) is 82.0 cm³/mol. The van der Waals surface area contributed by atoms with E-state index in [4.69, 9.17) is 14.2 Å². The van der Waals surface area contributed by atoms with Crippen LogP contribution in [0.2, 0.25) is 0 Å². The highest BCUT2D eigenvalue weighted by atomic mass is 16.5. The number of benzene rings is 1. The molecule has 0 spiro atoms. The fraction of sp³-hybridized carbons (Fsp3) is 0.500. The summed E-state index contributed by atoms with van der Waals surface area (Å²) in [5, 5.41) is 2.65. The van der Waals surface area contributed by atoms with Crippen LogP contribution in [-0.4, -0.2) is 38.2 Å². The molecule has 0 radical (unpaired) electrons. The molecule has 22 heavy (non-hydrogen) atoms. The summed E-state index contributed by atoms with van der Waals surface area (Å²) in [7, 11) is 1.60. The van der Waals surface area contributed by atoms with Crippen molar-refractivity contribution in [2.24, 2.45) is 0 Å². The highest BCUT2D eigenvalue weighted by Gasteiger charge is 2.08. The zero-order valence-electron chi connectivity index (χ0n) is 13.3. The molecule has 1 N–H and O–H groups in total. The Morgan fingerprint density at radius 2 is 1.77 bits per heavy atom. The minimum atomic E-state index is -0.405. The maximum atomic E-state index is 11.5. The lowest BCUT2D eigenvalue weighted by Crippen LogP contribution is -2.33. The molecule has 0 aromatic heterocycles. The molecule has 1 aromatic carbocycles. The molecule has 0 saturated heterocycles. The smallest absolute Gasteiger partial charge is 0.306 e. The van der Waals surface area contributed by atoms with Crippen LogP contribution in [0.25, 0.3) is 0 Å². The molecule has 0 saturated carbocycles. The number of ether oxygens (including phenoxy) is 3. The van der Waals surface area contributed by atoms with Gasteiger partial charge in [-0.15, -0.1) is 0 Å². The van der Waals surface area contributed by atoms with Gasteiger partial charge in [0.25, 0.3) is 5.91 Å². The Kier molecular flexibility index (Phi) is 7.81. The number of carbonyl (C=O) groups is 2. The van der Waals surface area contributed by atoms with Gasteiger partial charge in [0.15, 0.2) is 6.61 Å². The normalized spacial score (nSPS) is 10.2. The van der Waals surface area contributed by atoms with E-state index in [0.717, 1.165) is 5.75 Å². The molecule has 1 rings (SSSR count). The predicted octanol–water partition coefficient (Wildman–Crippen LogP) is 1.92. The van der Waals surface area contributed by atoms with Crippen LogP contribution in [0.5, 0.6) is 11.5 Å². The van der Waals surface area contributed by atoms with Gasteiger partial charge in [0.05, 0.1) is 13.7 Å². The van der Waals surface area contributed by atoms with Gasteiger partial charge in [-0.3, -0.25) is 9.59 Å². The molecular weight excluding hydrogens is 286 g/mol. The average molecular weight is 309 g/mol. The molecule has 6 heteroatoms. The highest BCUT2D eigenvalue weighted by molar-refractivity contribution is 5.80. The van der Waals surface area contributed by atoms with E-state index in [-0.39, 0.29) is 25.0 Å². The minimum absolute atomic E-state index is 0.0316. The second-order valence-corrected chi connectivity index (χ2v) is 5.01. The zero-order chi connectivity index (χ0) is 16.4. The summed E-state index contributed by atoms with van der Waals surface area (Å²) in [4.78, 5) is 22.8. The van der Waals surface area contributed by atoms with Gasteiger partial charge in [-0.25, -0.2) is 0 Å². The zero-order valence-corrected chi connectivity index (χ0v) is 13.3. The second kappa shape index (κ2) is 9.65. The third-order valence-electron chi connectivity index (χ3n) is 2.67. The first-order valence-electron chi connectivity index (χ1n) is 7.23. The summed E-state index contributed by atoms with van der Waals surface area (Å²) in [6.45, 7) is 3.85. The van der Waals surface area contributed by atoms with Crippen molar-refractivity contribution >= 4 is 11.9 Å². The number of rotatable bonds is 9. The van der Waals surface area contributed by atoms with Gasteiger partial charge in [-0.1, -0.05) is 0 Å². The molecule has 0 unspecified atom stereocenters. The molecule has 0 aliphatic heterocycles. The Hall–Kier alpha value is -2.24. The minimum Gasteiger partial charge on any atom is -0.497 e. The van der Waals surface area contributed by atoms with Crippen molar-refractivity contribution in [3.63, 3.8) is 0 Å². The maximum absolute atomic E-state index is 11.5. The summed E-state index contributed by atoms with van der Waals surface area (Å²) < 4.78 is 15.4. The summed E-state index contributed by atoms with van der Waals surface area (Å²) >= 11 is 0. The molecule has 1 aromatic rings. The van der Waals surface area contributed by atoms with Crippen LogP contribution in [0.15, 0.2) is 24.3 Å². The standard InChI is InChI=1S/C16H23NO5/c1-12(2)17-15(18)11-22-16(19)5-4-10-21-14-8-6-13(20-3)7-9-14/h6-9,12H,4-5,10-11H2,1-3H3,(H,17,18). The molecular formula is C16H23NO5. The van der Waals surface area contributed by atoms with E-state index < -0.39 is 5.97 Å². The maximum Gasteiger partial charge on any atom is 0.306 e. The summed E-state index contributed by atoms with van der Waals surface area (Å²) in [6, 6.07) is 7.23. The first-order chi connectivity index (χ1) is 10.5. The summed E-state index contributed by atoms with van der Waals surface area (Å²) in [5.74, 6) is 0.774. The molecule has 122 valence electrons. The third-order valence-corrected chi connectivity index (χ3v) is 2.67. The molecule has 6 nitrogen and oxygen atoms in total. The number of amides is 1. The van der Waals surface area contributed by atoms with Gasteiger partial charge in [0.1, 0.15) is 11.5 Å². The number of nitrogens with one attached hydrogen (secondary N) is 1. The molecule has 0 atom stereocenters. The van der Waals surface area contributed by atoms with Crippen molar-refractivity contribution in [1.29, 1.82) is 0 Å². The largest absolute Gasteiger partial charge is 0.497 e. The molecule has 0 heterocycles. The first-order valence-corrected chi connectivity index (χ1v) is 7.23. The van der Waals surface area contributed by atoms with Crippen molar-refractivity contribution in [3.8, 4) is 11.5 Å². The van der Waals surface area contributed by atoms with Crippen molar-refractivity contribution in [1.82, 2.24) is 5.32 Å².